The van der Waals surface area contributed by atoms with Gasteiger partial charge in [-0.15, -0.1) is 10.2 Å². The first-order valence-electron chi connectivity index (χ1n) is 5.93. The molecule has 1 heterocycles. The van der Waals surface area contributed by atoms with Crippen LogP contribution in [0.4, 0.5) is 5.82 Å². The Kier molecular flexibility index (Phi) is 3.99. The van der Waals surface area contributed by atoms with E-state index < -0.39 is 0 Å². The standard InChI is InChI=1S/C13H16ClN3O/c1-9(2)17(7-8-18)13-11-6-4-3-5-10(11)12(14)15-16-13/h3-6,9,18H,7-8H2,1-2H3. The van der Waals surface area contributed by atoms with E-state index in [1.165, 1.54) is 0 Å². The van der Waals surface area contributed by atoms with Crippen molar-refractivity contribution in [3.05, 3.63) is 29.4 Å². The van der Waals surface area contributed by atoms with Gasteiger partial charge in [-0.25, -0.2) is 0 Å². The van der Waals surface area contributed by atoms with Gasteiger partial charge in [-0.3, -0.25) is 0 Å². The van der Waals surface area contributed by atoms with Gasteiger partial charge < -0.3 is 10.0 Å². The van der Waals surface area contributed by atoms with E-state index in [0.717, 1.165) is 16.6 Å². The highest BCUT2D eigenvalue weighted by molar-refractivity contribution is 6.34. The number of aliphatic hydroxyl groups excluding tert-OH is 1. The number of benzene rings is 1. The zero-order valence-corrected chi connectivity index (χ0v) is 11.2. The van der Waals surface area contributed by atoms with Crippen LogP contribution in [0.5, 0.6) is 0 Å². The average molecular weight is 266 g/mol. The van der Waals surface area contributed by atoms with Crippen molar-refractivity contribution in [1.82, 2.24) is 10.2 Å². The van der Waals surface area contributed by atoms with Crippen LogP contribution in [0.15, 0.2) is 24.3 Å². The summed E-state index contributed by atoms with van der Waals surface area (Å²) < 4.78 is 0. The SMILES string of the molecule is CC(C)N(CCO)c1nnc(Cl)c2ccccc12. The normalized spacial score (nSPS) is 11.2. The molecule has 2 rings (SSSR count). The average Bonchev–Trinajstić information content (AvgIpc) is 2.37. The molecule has 0 aliphatic carbocycles. The third kappa shape index (κ3) is 2.40. The van der Waals surface area contributed by atoms with E-state index in [0.29, 0.717) is 11.7 Å². The third-order valence-electron chi connectivity index (χ3n) is 2.86. The van der Waals surface area contributed by atoms with Gasteiger partial charge >= 0.3 is 0 Å². The summed E-state index contributed by atoms with van der Waals surface area (Å²) in [6, 6.07) is 7.99. The van der Waals surface area contributed by atoms with Gasteiger partial charge in [0.05, 0.1) is 6.61 Å². The lowest BCUT2D eigenvalue weighted by atomic mass is 10.1. The molecule has 0 amide bonds. The number of hydrogen-bond donors (Lipinski definition) is 1. The van der Waals surface area contributed by atoms with Crippen molar-refractivity contribution in [2.45, 2.75) is 19.9 Å². The summed E-state index contributed by atoms with van der Waals surface area (Å²) in [5, 5.41) is 19.6. The molecule has 18 heavy (non-hydrogen) atoms. The molecule has 0 saturated carbocycles. The zero-order chi connectivity index (χ0) is 13.1. The van der Waals surface area contributed by atoms with Crippen molar-refractivity contribution < 1.29 is 5.11 Å². The van der Waals surface area contributed by atoms with E-state index in [1.54, 1.807) is 0 Å². The first kappa shape index (κ1) is 13.1. The van der Waals surface area contributed by atoms with Gasteiger partial charge in [0.2, 0.25) is 0 Å². The quantitative estimate of drug-likeness (QED) is 0.923. The molecule has 0 aliphatic heterocycles. The van der Waals surface area contributed by atoms with Gasteiger partial charge in [0.15, 0.2) is 11.0 Å². The summed E-state index contributed by atoms with van der Waals surface area (Å²) in [5.74, 6) is 0.763. The van der Waals surface area contributed by atoms with Crippen LogP contribution in [-0.4, -0.2) is 34.5 Å². The molecule has 4 nitrogen and oxygen atoms in total. The van der Waals surface area contributed by atoms with E-state index in [9.17, 15) is 0 Å². The number of aromatic nitrogens is 2. The molecular weight excluding hydrogens is 250 g/mol. The summed E-state index contributed by atoms with van der Waals surface area (Å²) in [6.45, 7) is 4.72. The molecular formula is C13H16ClN3O. The van der Waals surface area contributed by atoms with E-state index in [1.807, 2.05) is 29.2 Å². The Labute approximate surface area is 111 Å². The highest BCUT2D eigenvalue weighted by atomic mass is 35.5. The molecule has 0 unspecified atom stereocenters. The van der Waals surface area contributed by atoms with Crippen LogP contribution in [0.25, 0.3) is 10.8 Å². The molecule has 0 fully saturated rings. The van der Waals surface area contributed by atoms with Crippen molar-refractivity contribution in [2.24, 2.45) is 0 Å². The molecule has 0 radical (unpaired) electrons. The second-order valence-corrected chi connectivity index (χ2v) is 4.73. The van der Waals surface area contributed by atoms with Crippen LogP contribution in [0.2, 0.25) is 5.15 Å². The molecule has 0 aliphatic rings. The topological polar surface area (TPSA) is 49.2 Å². The number of aliphatic hydroxyl groups is 1. The lowest BCUT2D eigenvalue weighted by Gasteiger charge is -2.27. The predicted octanol–water partition coefficient (Wildman–Crippen LogP) is 2.49. The number of rotatable bonds is 4. The maximum Gasteiger partial charge on any atom is 0.159 e. The fourth-order valence-corrected chi connectivity index (χ4v) is 2.19. The van der Waals surface area contributed by atoms with E-state index in [-0.39, 0.29) is 12.6 Å². The maximum absolute atomic E-state index is 9.16. The molecule has 2 aromatic rings. The van der Waals surface area contributed by atoms with Gasteiger partial charge in [0, 0.05) is 23.4 Å². The Morgan fingerprint density at radius 1 is 1.22 bits per heavy atom. The number of anilines is 1. The molecule has 0 spiro atoms. The number of halogens is 1. The molecule has 0 saturated heterocycles. The summed E-state index contributed by atoms with van der Waals surface area (Å²) in [5.41, 5.74) is 0. The summed E-state index contributed by atoms with van der Waals surface area (Å²) in [6.07, 6.45) is 0. The van der Waals surface area contributed by atoms with Crippen LogP contribution in [0, 0.1) is 0 Å². The lowest BCUT2D eigenvalue weighted by molar-refractivity contribution is 0.298. The third-order valence-corrected chi connectivity index (χ3v) is 3.14. The van der Waals surface area contributed by atoms with Crippen molar-refractivity contribution in [3.63, 3.8) is 0 Å². The predicted molar refractivity (Wildman–Crippen MR) is 74.1 cm³/mol. The smallest absolute Gasteiger partial charge is 0.159 e. The second kappa shape index (κ2) is 5.50. The monoisotopic (exact) mass is 265 g/mol. The zero-order valence-electron chi connectivity index (χ0n) is 10.5. The number of nitrogens with zero attached hydrogens (tertiary/aromatic N) is 3. The first-order chi connectivity index (χ1) is 8.65. The minimum atomic E-state index is 0.0802. The van der Waals surface area contributed by atoms with Crippen LogP contribution in [0.1, 0.15) is 13.8 Å². The number of hydrogen-bond acceptors (Lipinski definition) is 4. The van der Waals surface area contributed by atoms with Gasteiger partial charge in [-0.2, -0.15) is 0 Å². The van der Waals surface area contributed by atoms with E-state index in [4.69, 9.17) is 16.7 Å². The lowest BCUT2D eigenvalue weighted by Crippen LogP contribution is -2.34. The Morgan fingerprint density at radius 3 is 2.50 bits per heavy atom. The van der Waals surface area contributed by atoms with E-state index >= 15 is 0 Å². The van der Waals surface area contributed by atoms with Crippen LogP contribution < -0.4 is 4.90 Å². The van der Waals surface area contributed by atoms with Crippen LogP contribution >= 0.6 is 11.6 Å². The number of fused-ring (bicyclic) bond motifs is 1. The van der Waals surface area contributed by atoms with E-state index in [2.05, 4.69) is 24.0 Å². The Bertz CT molecular complexity index is 545. The molecule has 5 heteroatoms. The maximum atomic E-state index is 9.16. The minimum Gasteiger partial charge on any atom is -0.395 e. The molecule has 1 N–H and O–H groups in total. The summed E-state index contributed by atoms with van der Waals surface area (Å²) in [7, 11) is 0. The van der Waals surface area contributed by atoms with Gasteiger partial charge in [0.25, 0.3) is 0 Å². The Hall–Kier alpha value is -1.39. The summed E-state index contributed by atoms with van der Waals surface area (Å²) in [4.78, 5) is 2.02. The minimum absolute atomic E-state index is 0.0802. The molecule has 0 atom stereocenters. The van der Waals surface area contributed by atoms with Gasteiger partial charge in [0.1, 0.15) is 0 Å². The molecule has 96 valence electrons. The van der Waals surface area contributed by atoms with Crippen LogP contribution in [-0.2, 0) is 0 Å². The fourth-order valence-electron chi connectivity index (χ4n) is 1.99. The van der Waals surface area contributed by atoms with Crippen molar-refractivity contribution in [2.75, 3.05) is 18.1 Å². The van der Waals surface area contributed by atoms with Crippen molar-refractivity contribution in [3.8, 4) is 0 Å². The second-order valence-electron chi connectivity index (χ2n) is 4.37. The highest BCUT2D eigenvalue weighted by Crippen LogP contribution is 2.28. The Balaban J connectivity index is 2.59. The molecule has 1 aromatic carbocycles. The van der Waals surface area contributed by atoms with Crippen LogP contribution in [0.3, 0.4) is 0 Å². The molecule has 1 aromatic heterocycles. The fraction of sp³-hybridized carbons (Fsp3) is 0.385. The highest BCUT2D eigenvalue weighted by Gasteiger charge is 2.16. The first-order valence-corrected chi connectivity index (χ1v) is 6.31. The van der Waals surface area contributed by atoms with Gasteiger partial charge in [-0.05, 0) is 13.8 Å². The summed E-state index contributed by atoms with van der Waals surface area (Å²) >= 11 is 6.05. The molecule has 0 bridgehead atoms. The van der Waals surface area contributed by atoms with Gasteiger partial charge in [-0.1, -0.05) is 35.9 Å². The van der Waals surface area contributed by atoms with Crippen molar-refractivity contribution >= 4 is 28.2 Å². The largest absolute Gasteiger partial charge is 0.395 e. The van der Waals surface area contributed by atoms with Crippen molar-refractivity contribution in [1.29, 1.82) is 0 Å². The Morgan fingerprint density at radius 2 is 1.89 bits per heavy atom.